The van der Waals surface area contributed by atoms with Crippen LogP contribution in [-0.2, 0) is 4.79 Å². The minimum Gasteiger partial charge on any atom is -0.465 e. The number of rotatable bonds is 1. The molecule has 1 saturated carbocycles. The van der Waals surface area contributed by atoms with E-state index in [0.29, 0.717) is 18.6 Å². The van der Waals surface area contributed by atoms with Crippen LogP contribution >= 0.6 is 0 Å². The second kappa shape index (κ2) is 5.46. The van der Waals surface area contributed by atoms with E-state index in [4.69, 9.17) is 4.74 Å². The van der Waals surface area contributed by atoms with Crippen molar-refractivity contribution in [3.05, 3.63) is 65.5 Å². The van der Waals surface area contributed by atoms with Crippen molar-refractivity contribution in [3.8, 4) is 5.75 Å². The van der Waals surface area contributed by atoms with Crippen molar-refractivity contribution in [2.24, 2.45) is 5.92 Å². The second-order valence-electron chi connectivity index (χ2n) is 6.34. The van der Waals surface area contributed by atoms with Crippen molar-refractivity contribution in [2.75, 3.05) is 0 Å². The molecule has 0 amide bonds. The first-order valence-corrected chi connectivity index (χ1v) is 7.84. The van der Waals surface area contributed by atoms with Gasteiger partial charge >= 0.3 is 0 Å². The van der Waals surface area contributed by atoms with E-state index in [1.54, 1.807) is 12.1 Å². The van der Waals surface area contributed by atoms with E-state index < -0.39 is 6.29 Å². The quantitative estimate of drug-likeness (QED) is 0.878. The molecule has 23 heavy (non-hydrogen) atoms. The third-order valence-electron chi connectivity index (χ3n) is 5.02. The molecule has 4 atom stereocenters. The molecule has 1 heterocycles. The molecule has 2 aromatic carbocycles. The van der Waals surface area contributed by atoms with E-state index in [1.807, 2.05) is 24.3 Å². The fraction of sp³-hybridized carbons (Fsp3) is 0.316. The molecular weight excluding hydrogens is 295 g/mol. The Morgan fingerprint density at radius 2 is 1.70 bits per heavy atom. The van der Waals surface area contributed by atoms with Gasteiger partial charge in [-0.25, -0.2) is 4.39 Å². The normalized spacial score (nSPS) is 29.4. The second-order valence-corrected chi connectivity index (χ2v) is 6.34. The maximum Gasteiger partial charge on any atom is 0.201 e. The van der Waals surface area contributed by atoms with Gasteiger partial charge in [-0.2, -0.15) is 0 Å². The Bertz CT molecular complexity index is 741. The zero-order chi connectivity index (χ0) is 16.0. The lowest BCUT2D eigenvalue weighted by atomic mass is 9.65. The number of fused-ring (bicyclic) bond motifs is 3. The van der Waals surface area contributed by atoms with Gasteiger partial charge in [-0.1, -0.05) is 30.3 Å². The monoisotopic (exact) mass is 312 g/mol. The summed E-state index contributed by atoms with van der Waals surface area (Å²) < 4.78 is 18.9. The van der Waals surface area contributed by atoms with Gasteiger partial charge in [0.25, 0.3) is 0 Å². The van der Waals surface area contributed by atoms with E-state index in [-0.39, 0.29) is 29.4 Å². The number of aliphatic hydroxyl groups excluding tert-OH is 1. The van der Waals surface area contributed by atoms with Crippen LogP contribution in [0.25, 0.3) is 0 Å². The molecule has 1 aliphatic carbocycles. The lowest BCUT2D eigenvalue weighted by Gasteiger charge is -2.44. The molecule has 0 unspecified atom stereocenters. The largest absolute Gasteiger partial charge is 0.465 e. The summed E-state index contributed by atoms with van der Waals surface area (Å²) in [6.45, 7) is 0. The third kappa shape index (κ3) is 2.43. The van der Waals surface area contributed by atoms with Crippen LogP contribution in [0.2, 0.25) is 0 Å². The highest BCUT2D eigenvalue weighted by Gasteiger charge is 2.47. The van der Waals surface area contributed by atoms with Gasteiger partial charge in [0.2, 0.25) is 6.29 Å². The first-order valence-electron chi connectivity index (χ1n) is 7.84. The number of carbonyl (C=O) groups excluding carboxylic acids is 1. The molecular formula is C19H17FO3. The van der Waals surface area contributed by atoms with E-state index >= 15 is 0 Å². The van der Waals surface area contributed by atoms with Gasteiger partial charge in [0, 0.05) is 30.6 Å². The van der Waals surface area contributed by atoms with Gasteiger partial charge in [0.1, 0.15) is 17.3 Å². The number of halogens is 1. The molecule has 2 aromatic rings. The number of Topliss-reactive ketones (excluding diaryl/α,β-unsaturated/α-hetero) is 1. The molecule has 0 spiro atoms. The van der Waals surface area contributed by atoms with Crippen molar-refractivity contribution in [1.82, 2.24) is 0 Å². The van der Waals surface area contributed by atoms with Gasteiger partial charge in [-0.3, -0.25) is 4.79 Å². The Kier molecular flexibility index (Phi) is 3.42. The molecule has 2 aliphatic rings. The molecule has 4 heteroatoms. The fourth-order valence-corrected chi connectivity index (χ4v) is 3.99. The molecule has 3 nitrogen and oxygen atoms in total. The Hall–Kier alpha value is -2.20. The maximum atomic E-state index is 13.2. The number of benzene rings is 2. The zero-order valence-electron chi connectivity index (χ0n) is 12.5. The predicted molar refractivity (Wildman–Crippen MR) is 82.7 cm³/mol. The first kappa shape index (κ1) is 14.4. The minimum atomic E-state index is -0.960. The van der Waals surface area contributed by atoms with Crippen LogP contribution in [0.15, 0.2) is 48.5 Å². The Morgan fingerprint density at radius 3 is 2.48 bits per heavy atom. The van der Waals surface area contributed by atoms with Crippen LogP contribution in [0.1, 0.15) is 35.8 Å². The predicted octanol–water partition coefficient (Wildman–Crippen LogP) is 3.38. The SMILES string of the molecule is O=C1C[C@H](c2ccc(F)cc2)[C@H]2[C@@H](O)Oc3ccccc3[C@@H]2C1. The summed E-state index contributed by atoms with van der Waals surface area (Å²) in [5, 5.41) is 10.5. The lowest BCUT2D eigenvalue weighted by Crippen LogP contribution is -2.43. The standard InChI is InChI=1S/C19H17FO3/c20-12-7-5-11(6-8-12)15-9-13(21)10-16-14-3-1-2-4-17(14)23-19(22)18(15)16/h1-8,15-16,18-19,22H,9-10H2/t15-,16+,18-,19+/m1/s1. The first-order chi connectivity index (χ1) is 11.1. The molecule has 0 radical (unpaired) electrons. The summed E-state index contributed by atoms with van der Waals surface area (Å²) >= 11 is 0. The number of hydrogen-bond donors (Lipinski definition) is 1. The molecule has 0 saturated heterocycles. The molecule has 1 fully saturated rings. The van der Waals surface area contributed by atoms with Crippen LogP contribution < -0.4 is 4.74 Å². The van der Waals surface area contributed by atoms with Gasteiger partial charge < -0.3 is 9.84 Å². The van der Waals surface area contributed by atoms with Crippen LogP contribution in [-0.4, -0.2) is 17.2 Å². The summed E-state index contributed by atoms with van der Waals surface area (Å²) in [5.41, 5.74) is 1.85. The third-order valence-corrected chi connectivity index (χ3v) is 5.02. The molecule has 0 bridgehead atoms. The van der Waals surface area contributed by atoms with Crippen LogP contribution in [0, 0.1) is 11.7 Å². The van der Waals surface area contributed by atoms with Crippen molar-refractivity contribution in [3.63, 3.8) is 0 Å². The number of ether oxygens (including phenoxy) is 1. The number of aliphatic hydroxyl groups is 1. The highest BCUT2D eigenvalue weighted by Crippen LogP contribution is 2.51. The number of para-hydroxylation sites is 1. The van der Waals surface area contributed by atoms with Gasteiger partial charge in [0.05, 0.1) is 0 Å². The number of ketones is 1. The van der Waals surface area contributed by atoms with Crippen LogP contribution in [0.4, 0.5) is 4.39 Å². The fourth-order valence-electron chi connectivity index (χ4n) is 3.99. The maximum absolute atomic E-state index is 13.2. The summed E-state index contributed by atoms with van der Waals surface area (Å²) in [5.74, 6) is 0.0843. The Labute approximate surface area is 133 Å². The van der Waals surface area contributed by atoms with E-state index in [9.17, 15) is 14.3 Å². The molecule has 118 valence electrons. The number of carbonyl (C=O) groups is 1. The molecule has 1 aliphatic heterocycles. The Morgan fingerprint density at radius 1 is 1.00 bits per heavy atom. The van der Waals surface area contributed by atoms with Gasteiger partial charge in [0.15, 0.2) is 0 Å². The van der Waals surface area contributed by atoms with Crippen molar-refractivity contribution >= 4 is 5.78 Å². The average molecular weight is 312 g/mol. The highest BCUT2D eigenvalue weighted by atomic mass is 19.1. The summed E-state index contributed by atoms with van der Waals surface area (Å²) in [6, 6.07) is 13.7. The van der Waals surface area contributed by atoms with E-state index in [1.165, 1.54) is 12.1 Å². The van der Waals surface area contributed by atoms with Crippen molar-refractivity contribution in [2.45, 2.75) is 31.0 Å². The lowest BCUT2D eigenvalue weighted by molar-refractivity contribution is -0.131. The van der Waals surface area contributed by atoms with Crippen LogP contribution in [0.5, 0.6) is 5.75 Å². The zero-order valence-corrected chi connectivity index (χ0v) is 12.5. The topological polar surface area (TPSA) is 46.5 Å². The van der Waals surface area contributed by atoms with E-state index in [2.05, 4.69) is 0 Å². The van der Waals surface area contributed by atoms with E-state index in [0.717, 1.165) is 11.1 Å². The van der Waals surface area contributed by atoms with Crippen molar-refractivity contribution < 1.29 is 19.0 Å². The summed E-state index contributed by atoms with van der Waals surface area (Å²) in [7, 11) is 0. The van der Waals surface area contributed by atoms with Gasteiger partial charge in [-0.15, -0.1) is 0 Å². The summed E-state index contributed by atoms with van der Waals surface area (Å²) in [6.07, 6.45) is -0.187. The van der Waals surface area contributed by atoms with Gasteiger partial charge in [-0.05, 0) is 29.3 Å². The molecule has 0 aromatic heterocycles. The van der Waals surface area contributed by atoms with Crippen LogP contribution in [0.3, 0.4) is 0 Å². The average Bonchev–Trinajstić information content (AvgIpc) is 2.55. The Balaban J connectivity index is 1.78. The van der Waals surface area contributed by atoms with Crippen molar-refractivity contribution in [1.29, 1.82) is 0 Å². The number of hydrogen-bond acceptors (Lipinski definition) is 3. The highest BCUT2D eigenvalue weighted by molar-refractivity contribution is 5.82. The molecule has 4 rings (SSSR count). The molecule has 1 N–H and O–H groups in total. The smallest absolute Gasteiger partial charge is 0.201 e. The summed E-state index contributed by atoms with van der Waals surface area (Å²) in [4.78, 5) is 12.3. The minimum absolute atomic E-state index is 0.0637.